The monoisotopic (exact) mass is 212 g/mol. The number of rotatable bonds is 2. The highest BCUT2D eigenvalue weighted by Gasteiger charge is 2.01. The molecule has 0 aliphatic carbocycles. The molecule has 0 radical (unpaired) electrons. The number of hydrogen-bond acceptors (Lipinski definition) is 2. The van der Waals surface area contributed by atoms with Gasteiger partial charge in [-0.15, -0.1) is 0 Å². The summed E-state index contributed by atoms with van der Waals surface area (Å²) in [6.45, 7) is 0. The van der Waals surface area contributed by atoms with Crippen LogP contribution in [-0.2, 0) is 0 Å². The predicted octanol–water partition coefficient (Wildman–Crippen LogP) is 2.07. The van der Waals surface area contributed by atoms with Crippen molar-refractivity contribution in [3.63, 3.8) is 0 Å². The molecule has 3 heteroatoms. The maximum absolute atomic E-state index is 10.3. The van der Waals surface area contributed by atoms with E-state index in [-0.39, 0.29) is 0 Å². The Morgan fingerprint density at radius 1 is 1.09 bits per heavy atom. The first kappa shape index (κ1) is 8.14. The maximum atomic E-state index is 10.3. The molecule has 1 aromatic rings. The van der Waals surface area contributed by atoms with E-state index in [9.17, 15) is 9.59 Å². The minimum absolute atomic E-state index is 0.495. The van der Waals surface area contributed by atoms with Crippen LogP contribution in [0.3, 0.4) is 0 Å². The zero-order valence-electron chi connectivity index (χ0n) is 5.58. The summed E-state index contributed by atoms with van der Waals surface area (Å²) in [5.41, 5.74) is 0.990. The van der Waals surface area contributed by atoms with Crippen LogP contribution in [-0.4, -0.2) is 12.6 Å². The Balaban J connectivity index is 3.30. The molecule has 11 heavy (non-hydrogen) atoms. The van der Waals surface area contributed by atoms with Crippen molar-refractivity contribution >= 4 is 28.5 Å². The van der Waals surface area contributed by atoms with Crippen LogP contribution in [0.1, 0.15) is 20.7 Å². The molecule has 0 aromatic heterocycles. The van der Waals surface area contributed by atoms with E-state index in [0.29, 0.717) is 28.2 Å². The van der Waals surface area contributed by atoms with Crippen molar-refractivity contribution in [1.82, 2.24) is 0 Å². The van der Waals surface area contributed by atoms with Crippen LogP contribution in [0.2, 0.25) is 0 Å². The second-order valence-corrected chi connectivity index (χ2v) is 2.78. The Morgan fingerprint density at radius 3 is 1.91 bits per heavy atom. The zero-order valence-corrected chi connectivity index (χ0v) is 7.17. The third-order valence-corrected chi connectivity index (χ3v) is 2.23. The fourth-order valence-electron chi connectivity index (χ4n) is 0.750. The second kappa shape index (κ2) is 3.44. The molecule has 1 aromatic carbocycles. The molecule has 0 aliphatic rings. The quantitative estimate of drug-likeness (QED) is 0.704. The van der Waals surface area contributed by atoms with Crippen LogP contribution in [0.5, 0.6) is 0 Å². The smallest absolute Gasteiger partial charge is 0.151 e. The average molecular weight is 213 g/mol. The molecule has 0 fully saturated rings. The van der Waals surface area contributed by atoms with Crippen molar-refractivity contribution in [1.29, 1.82) is 0 Å². The summed E-state index contributed by atoms with van der Waals surface area (Å²) in [6.07, 6.45) is 1.41. The Hall–Kier alpha value is -0.960. The minimum Gasteiger partial charge on any atom is -0.298 e. The molecule has 0 saturated heterocycles. The molecule has 2 nitrogen and oxygen atoms in total. The van der Waals surface area contributed by atoms with Gasteiger partial charge < -0.3 is 0 Å². The molecule has 0 saturated carbocycles. The summed E-state index contributed by atoms with van der Waals surface area (Å²) in [5.74, 6) is 0. The largest absolute Gasteiger partial charge is 0.298 e. The van der Waals surface area contributed by atoms with Gasteiger partial charge in [0.1, 0.15) is 0 Å². The highest BCUT2D eigenvalue weighted by molar-refractivity contribution is 9.10. The molecule has 0 N–H and O–H groups in total. The Morgan fingerprint density at radius 2 is 1.55 bits per heavy atom. The summed E-state index contributed by atoms with van der Waals surface area (Å²) >= 11 is 3.14. The van der Waals surface area contributed by atoms with Crippen molar-refractivity contribution in [2.45, 2.75) is 0 Å². The van der Waals surface area contributed by atoms with Gasteiger partial charge in [-0.25, -0.2) is 0 Å². The molecule has 0 atom stereocenters. The van der Waals surface area contributed by atoms with E-state index < -0.39 is 0 Å². The summed E-state index contributed by atoms with van der Waals surface area (Å²) in [4.78, 5) is 20.7. The fraction of sp³-hybridized carbons (Fsp3) is 0. The normalized spacial score (nSPS) is 9.18. The molecule has 0 spiro atoms. The fourth-order valence-corrected chi connectivity index (χ4v) is 1.20. The third-order valence-electron chi connectivity index (χ3n) is 1.31. The Labute approximate surface area is 72.4 Å². The van der Waals surface area contributed by atoms with E-state index in [2.05, 4.69) is 15.9 Å². The van der Waals surface area contributed by atoms with Gasteiger partial charge in [-0.05, 0) is 15.9 Å². The second-order valence-electron chi connectivity index (χ2n) is 1.99. The lowest BCUT2D eigenvalue weighted by Gasteiger charge is -1.97. The lowest BCUT2D eigenvalue weighted by Crippen LogP contribution is -1.87. The molecular weight excluding hydrogens is 208 g/mol. The number of carbonyl (C=O) groups excluding carboxylic acids is 2. The van der Waals surface area contributed by atoms with Gasteiger partial charge >= 0.3 is 0 Å². The highest BCUT2D eigenvalue weighted by Crippen LogP contribution is 2.18. The van der Waals surface area contributed by atoms with Crippen molar-refractivity contribution < 1.29 is 9.59 Å². The minimum atomic E-state index is 0.495. The van der Waals surface area contributed by atoms with Crippen molar-refractivity contribution in [3.05, 3.63) is 33.8 Å². The van der Waals surface area contributed by atoms with Crippen LogP contribution in [0, 0.1) is 0 Å². The topological polar surface area (TPSA) is 34.1 Å². The van der Waals surface area contributed by atoms with E-state index in [1.165, 1.54) is 0 Å². The SMILES string of the molecule is O=Cc1cccc(C=O)c1Br. The molecule has 0 unspecified atom stereocenters. The highest BCUT2D eigenvalue weighted by atomic mass is 79.9. The number of benzene rings is 1. The van der Waals surface area contributed by atoms with Gasteiger partial charge in [0.05, 0.1) is 0 Å². The number of carbonyl (C=O) groups is 2. The van der Waals surface area contributed by atoms with Crippen molar-refractivity contribution in [3.8, 4) is 0 Å². The molecule has 0 aliphatic heterocycles. The number of halogens is 1. The summed E-state index contributed by atoms with van der Waals surface area (Å²) in [5, 5.41) is 0. The summed E-state index contributed by atoms with van der Waals surface area (Å²) in [7, 11) is 0. The zero-order chi connectivity index (χ0) is 8.27. The first-order chi connectivity index (χ1) is 5.29. The molecular formula is C8H5BrO2. The molecule has 0 bridgehead atoms. The van der Waals surface area contributed by atoms with Gasteiger partial charge in [-0.1, -0.05) is 18.2 Å². The van der Waals surface area contributed by atoms with Crippen LogP contribution in [0.15, 0.2) is 22.7 Å². The number of hydrogen-bond donors (Lipinski definition) is 0. The van der Waals surface area contributed by atoms with Gasteiger partial charge in [-0.3, -0.25) is 9.59 Å². The van der Waals surface area contributed by atoms with E-state index in [4.69, 9.17) is 0 Å². The van der Waals surface area contributed by atoms with E-state index in [1.54, 1.807) is 18.2 Å². The first-order valence-electron chi connectivity index (χ1n) is 2.98. The van der Waals surface area contributed by atoms with Crippen molar-refractivity contribution in [2.75, 3.05) is 0 Å². The van der Waals surface area contributed by atoms with E-state index >= 15 is 0 Å². The van der Waals surface area contributed by atoms with Crippen LogP contribution in [0.25, 0.3) is 0 Å². The van der Waals surface area contributed by atoms with Gasteiger partial charge in [0.2, 0.25) is 0 Å². The van der Waals surface area contributed by atoms with E-state index in [1.807, 2.05) is 0 Å². The molecule has 0 amide bonds. The summed E-state index contributed by atoms with van der Waals surface area (Å²) < 4.78 is 0.560. The number of aldehydes is 2. The molecule has 0 heterocycles. The van der Waals surface area contributed by atoms with Crippen LogP contribution in [0.4, 0.5) is 0 Å². The first-order valence-corrected chi connectivity index (χ1v) is 3.77. The van der Waals surface area contributed by atoms with Crippen LogP contribution < -0.4 is 0 Å². The summed E-state index contributed by atoms with van der Waals surface area (Å²) in [6, 6.07) is 4.95. The third kappa shape index (κ3) is 1.54. The van der Waals surface area contributed by atoms with E-state index in [0.717, 1.165) is 0 Å². The molecule has 56 valence electrons. The lowest BCUT2D eigenvalue weighted by atomic mass is 10.1. The predicted molar refractivity (Wildman–Crippen MR) is 44.9 cm³/mol. The van der Waals surface area contributed by atoms with Gasteiger partial charge in [-0.2, -0.15) is 0 Å². The average Bonchev–Trinajstić information content (AvgIpc) is 2.05. The lowest BCUT2D eigenvalue weighted by molar-refractivity contribution is 0.112. The van der Waals surface area contributed by atoms with Gasteiger partial charge in [0, 0.05) is 15.6 Å². The van der Waals surface area contributed by atoms with Crippen molar-refractivity contribution in [2.24, 2.45) is 0 Å². The Kier molecular flexibility index (Phi) is 2.54. The maximum Gasteiger partial charge on any atom is 0.151 e. The molecule has 1 rings (SSSR count). The van der Waals surface area contributed by atoms with Gasteiger partial charge in [0.25, 0.3) is 0 Å². The van der Waals surface area contributed by atoms with Gasteiger partial charge in [0.15, 0.2) is 12.6 Å². The van der Waals surface area contributed by atoms with Crippen LogP contribution >= 0.6 is 15.9 Å². The standard InChI is InChI=1S/C8H5BrO2/c9-8-6(4-10)2-1-3-7(8)5-11/h1-5H. The Bertz CT molecular complexity index is 268.